The maximum Gasteiger partial charge on any atom is 0.247 e. The topological polar surface area (TPSA) is 90.4 Å². The molecule has 4 heterocycles. The van der Waals surface area contributed by atoms with Gasteiger partial charge in [0.2, 0.25) is 17.7 Å². The normalized spacial score (nSPS) is 32.9. The zero-order valence-corrected chi connectivity index (χ0v) is 24.9. The Morgan fingerprint density at radius 3 is 2.33 bits per heavy atom. The number of hydrogen-bond acceptors (Lipinski definition) is 6. The zero-order valence-electron chi connectivity index (χ0n) is 24.1. The quantitative estimate of drug-likeness (QED) is 0.483. The van der Waals surface area contributed by atoms with Gasteiger partial charge in [0.15, 0.2) is 0 Å². The summed E-state index contributed by atoms with van der Waals surface area (Å²) in [7, 11) is 0. The van der Waals surface area contributed by atoms with Crippen LogP contribution in [0.15, 0.2) is 48.6 Å². The Kier molecular flexibility index (Phi) is 7.83. The third kappa shape index (κ3) is 4.36. The number of amides is 3. The average molecular weight is 568 g/mol. The molecule has 2 saturated heterocycles. The maximum absolute atomic E-state index is 14.5. The predicted octanol–water partition coefficient (Wildman–Crippen LogP) is 3.64. The zero-order chi connectivity index (χ0) is 28.8. The molecule has 216 valence electrons. The van der Waals surface area contributed by atoms with Crippen LogP contribution in [0.4, 0.5) is 5.69 Å². The molecule has 9 heteroatoms. The molecule has 0 aliphatic carbocycles. The van der Waals surface area contributed by atoms with Crippen LogP contribution < -0.4 is 9.64 Å². The van der Waals surface area contributed by atoms with Gasteiger partial charge in [-0.1, -0.05) is 37.6 Å². The van der Waals surface area contributed by atoms with Gasteiger partial charge < -0.3 is 24.5 Å². The summed E-state index contributed by atoms with van der Waals surface area (Å²) in [4.78, 5) is 48.4. The molecule has 4 aliphatic rings. The number of likely N-dealkylation sites (tertiary alicyclic amines) is 1. The fraction of sp³-hybridized carbons (Fsp3) is 0.581. The Morgan fingerprint density at radius 2 is 1.68 bits per heavy atom. The van der Waals surface area contributed by atoms with Crippen LogP contribution in [-0.2, 0) is 14.4 Å². The smallest absolute Gasteiger partial charge is 0.247 e. The highest BCUT2D eigenvalue weighted by molar-refractivity contribution is 8.02. The summed E-state index contributed by atoms with van der Waals surface area (Å²) in [6.07, 6.45) is 9.92. The third-order valence-electron chi connectivity index (χ3n) is 8.96. The SMILES string of the molecule is CCCC(C)N1CC=C[C@]23S[C@]4(C)C=CCN(c5ccc(OCC)cc5)C(=O)[C@@H]4[C@H]2C(=O)N([C@H](C)CO)C3C1=O. The van der Waals surface area contributed by atoms with Crippen molar-refractivity contribution in [3.05, 3.63) is 48.6 Å². The van der Waals surface area contributed by atoms with E-state index >= 15 is 0 Å². The van der Waals surface area contributed by atoms with E-state index < -0.39 is 33.4 Å². The molecule has 1 N–H and O–H groups in total. The van der Waals surface area contributed by atoms with Crippen molar-refractivity contribution in [2.75, 3.05) is 31.2 Å². The number of anilines is 1. The molecule has 1 aromatic carbocycles. The predicted molar refractivity (Wildman–Crippen MR) is 157 cm³/mol. The summed E-state index contributed by atoms with van der Waals surface area (Å²) in [5, 5.41) is 10.2. The van der Waals surface area contributed by atoms with E-state index in [4.69, 9.17) is 4.74 Å². The highest BCUT2D eigenvalue weighted by atomic mass is 32.2. The van der Waals surface area contributed by atoms with Gasteiger partial charge in [0.25, 0.3) is 0 Å². The lowest BCUT2D eigenvalue weighted by atomic mass is 9.74. The number of benzene rings is 1. The van der Waals surface area contributed by atoms with Crippen LogP contribution in [0.2, 0.25) is 0 Å². The van der Waals surface area contributed by atoms with Gasteiger partial charge in [0.1, 0.15) is 11.8 Å². The molecule has 2 fully saturated rings. The molecule has 8 nitrogen and oxygen atoms in total. The second kappa shape index (κ2) is 10.9. The molecule has 0 radical (unpaired) electrons. The van der Waals surface area contributed by atoms with Crippen molar-refractivity contribution in [3.8, 4) is 5.75 Å². The molecule has 2 unspecified atom stereocenters. The highest BCUT2D eigenvalue weighted by Gasteiger charge is 2.74. The van der Waals surface area contributed by atoms with Crippen molar-refractivity contribution in [2.24, 2.45) is 11.8 Å². The van der Waals surface area contributed by atoms with Crippen LogP contribution in [0, 0.1) is 11.8 Å². The van der Waals surface area contributed by atoms with E-state index in [0.29, 0.717) is 19.7 Å². The van der Waals surface area contributed by atoms with Gasteiger partial charge in [0.05, 0.1) is 35.8 Å². The molecule has 0 bridgehead atoms. The van der Waals surface area contributed by atoms with Crippen LogP contribution in [0.25, 0.3) is 0 Å². The number of aliphatic hydroxyl groups is 1. The summed E-state index contributed by atoms with van der Waals surface area (Å²) in [5.41, 5.74) is 0.739. The Bertz CT molecular complexity index is 1220. The number of hydrogen-bond donors (Lipinski definition) is 1. The van der Waals surface area contributed by atoms with Gasteiger partial charge >= 0.3 is 0 Å². The summed E-state index contributed by atoms with van der Waals surface area (Å²) < 4.78 is 3.99. The van der Waals surface area contributed by atoms with Gasteiger partial charge in [-0.2, -0.15) is 0 Å². The molecular formula is C31H41N3O5S. The highest BCUT2D eigenvalue weighted by Crippen LogP contribution is 2.66. The van der Waals surface area contributed by atoms with Crippen molar-refractivity contribution in [1.29, 1.82) is 0 Å². The van der Waals surface area contributed by atoms with E-state index in [1.54, 1.807) is 28.5 Å². The monoisotopic (exact) mass is 567 g/mol. The van der Waals surface area contributed by atoms with Gasteiger partial charge in [0, 0.05) is 29.6 Å². The second-order valence-electron chi connectivity index (χ2n) is 11.6. The molecule has 4 aliphatic heterocycles. The number of aliphatic hydroxyl groups excluding tert-OH is 1. The molecular weight excluding hydrogens is 526 g/mol. The van der Waals surface area contributed by atoms with Crippen molar-refractivity contribution in [2.45, 2.75) is 75.1 Å². The molecule has 1 spiro atoms. The minimum atomic E-state index is -0.917. The van der Waals surface area contributed by atoms with Crippen LogP contribution >= 0.6 is 11.8 Å². The third-order valence-corrected chi connectivity index (χ3v) is 10.8. The lowest BCUT2D eigenvalue weighted by molar-refractivity contribution is -0.146. The fourth-order valence-electron chi connectivity index (χ4n) is 7.13. The number of fused-ring (bicyclic) bond motifs is 2. The summed E-state index contributed by atoms with van der Waals surface area (Å²) >= 11 is 1.57. The van der Waals surface area contributed by atoms with Gasteiger partial charge in [-0.25, -0.2) is 0 Å². The lowest BCUT2D eigenvalue weighted by Crippen LogP contribution is -2.57. The van der Waals surface area contributed by atoms with Crippen molar-refractivity contribution < 1.29 is 24.2 Å². The van der Waals surface area contributed by atoms with E-state index in [-0.39, 0.29) is 30.4 Å². The fourth-order valence-corrected chi connectivity index (χ4v) is 9.28. The molecule has 0 saturated carbocycles. The minimum Gasteiger partial charge on any atom is -0.494 e. The standard InChI is InChI=1S/C31H41N3O5S/c1-6-10-20(3)32-17-9-16-31-25(28(37)34(21(4)19-35)26(31)29(32)38)24-27(36)33(18-8-15-30(24,5)40-31)22-11-13-23(14-12-22)39-7-2/h8-9,11-16,20-21,24-26,35H,6-7,10,17-19H2,1-5H3/t20?,21-,24+,25+,26?,30-,31+/m1/s1. The minimum absolute atomic E-state index is 0.0156. The van der Waals surface area contributed by atoms with E-state index in [1.165, 1.54) is 0 Å². The summed E-state index contributed by atoms with van der Waals surface area (Å²) in [6.45, 7) is 11.0. The summed E-state index contributed by atoms with van der Waals surface area (Å²) in [6, 6.07) is 6.12. The molecule has 40 heavy (non-hydrogen) atoms. The van der Waals surface area contributed by atoms with Gasteiger partial charge in [-0.15, -0.1) is 11.8 Å². The van der Waals surface area contributed by atoms with Crippen molar-refractivity contribution in [1.82, 2.24) is 9.80 Å². The Balaban J connectivity index is 1.59. The first-order chi connectivity index (χ1) is 19.1. The number of carbonyl (C=O) groups excluding carboxylic acids is 3. The van der Waals surface area contributed by atoms with E-state index in [9.17, 15) is 19.5 Å². The molecule has 0 aromatic heterocycles. The van der Waals surface area contributed by atoms with Gasteiger partial charge in [-0.05, 0) is 58.4 Å². The maximum atomic E-state index is 14.5. The Hall–Kier alpha value is -2.78. The average Bonchev–Trinajstić information content (AvgIpc) is 3.20. The molecule has 3 amide bonds. The second-order valence-corrected chi connectivity index (χ2v) is 13.4. The largest absolute Gasteiger partial charge is 0.494 e. The first kappa shape index (κ1) is 28.7. The number of rotatable bonds is 8. The first-order valence-corrected chi connectivity index (χ1v) is 15.3. The van der Waals surface area contributed by atoms with Crippen molar-refractivity contribution >= 4 is 35.2 Å². The summed E-state index contributed by atoms with van der Waals surface area (Å²) in [5.74, 6) is -1.14. The number of carbonyl (C=O) groups is 3. The van der Waals surface area contributed by atoms with Crippen LogP contribution in [0.1, 0.15) is 47.5 Å². The van der Waals surface area contributed by atoms with E-state index in [2.05, 4.69) is 19.9 Å². The first-order valence-electron chi connectivity index (χ1n) is 14.5. The van der Waals surface area contributed by atoms with Crippen LogP contribution in [0.5, 0.6) is 5.75 Å². The van der Waals surface area contributed by atoms with E-state index in [0.717, 1.165) is 24.3 Å². The Morgan fingerprint density at radius 1 is 0.975 bits per heavy atom. The Labute approximate surface area is 241 Å². The molecule has 7 atom stereocenters. The van der Waals surface area contributed by atoms with E-state index in [1.807, 2.05) is 61.2 Å². The lowest BCUT2D eigenvalue weighted by Gasteiger charge is -2.40. The van der Waals surface area contributed by atoms with Gasteiger partial charge in [-0.3, -0.25) is 14.4 Å². The molecule has 5 rings (SSSR count). The number of ether oxygens (including phenoxy) is 1. The van der Waals surface area contributed by atoms with Crippen LogP contribution in [0.3, 0.4) is 0 Å². The number of nitrogens with zero attached hydrogens (tertiary/aromatic N) is 3. The number of thioether (sulfide) groups is 1. The van der Waals surface area contributed by atoms with Crippen LogP contribution in [-0.4, -0.2) is 86.6 Å². The van der Waals surface area contributed by atoms with Crippen molar-refractivity contribution in [3.63, 3.8) is 0 Å². The molecule has 1 aromatic rings.